The van der Waals surface area contributed by atoms with Crippen LogP contribution >= 0.6 is 0 Å². The molecule has 1 aromatic rings. The Morgan fingerprint density at radius 2 is 2.33 bits per heavy atom. The van der Waals surface area contributed by atoms with E-state index in [1.807, 2.05) is 0 Å². The average molecular weight is 207 g/mol. The number of rotatable bonds is 1. The molecule has 15 heavy (non-hydrogen) atoms. The molecule has 0 saturated heterocycles. The minimum absolute atomic E-state index is 0.00524. The molecule has 0 radical (unpaired) electrons. The van der Waals surface area contributed by atoms with Crippen LogP contribution in [0, 0.1) is 17.7 Å². The van der Waals surface area contributed by atoms with Crippen LogP contribution in [0.4, 0.5) is 10.1 Å². The van der Waals surface area contributed by atoms with Crippen molar-refractivity contribution in [2.45, 2.75) is 6.92 Å². The molecule has 0 aromatic heterocycles. The van der Waals surface area contributed by atoms with E-state index in [0.29, 0.717) is 0 Å². The molecule has 0 aliphatic carbocycles. The highest BCUT2D eigenvalue weighted by atomic mass is 19.1. The van der Waals surface area contributed by atoms with Crippen LogP contribution in [0.15, 0.2) is 18.2 Å². The summed E-state index contributed by atoms with van der Waals surface area (Å²) >= 11 is 0. The summed E-state index contributed by atoms with van der Waals surface area (Å²) < 4.78 is 17.8. The predicted molar refractivity (Wildman–Crippen MR) is 54.3 cm³/mol. The standard InChI is InChI=1S/C11H10FNO2/c1-2-15-10(14)7-6-8-4-3-5-9(13)11(8)12/h3-5H,2,13H2,1H3. The van der Waals surface area contributed by atoms with E-state index in [-0.39, 0.29) is 17.9 Å². The lowest BCUT2D eigenvalue weighted by molar-refractivity contribution is -0.136. The zero-order chi connectivity index (χ0) is 11.3. The number of nitrogens with two attached hydrogens (primary N) is 1. The molecular formula is C11H10FNO2. The molecule has 0 aliphatic rings. The Labute approximate surface area is 87.0 Å². The molecule has 0 amide bonds. The van der Waals surface area contributed by atoms with Gasteiger partial charge in [0.25, 0.3) is 0 Å². The third-order valence-electron chi connectivity index (χ3n) is 1.60. The summed E-state index contributed by atoms with van der Waals surface area (Å²) in [5, 5.41) is 0. The summed E-state index contributed by atoms with van der Waals surface area (Å²) in [5.41, 5.74) is 5.42. The monoisotopic (exact) mass is 207 g/mol. The number of anilines is 1. The maximum atomic E-state index is 13.3. The summed E-state index contributed by atoms with van der Waals surface area (Å²) in [6, 6.07) is 4.43. The molecule has 0 heterocycles. The third kappa shape index (κ3) is 2.99. The lowest BCUT2D eigenvalue weighted by Crippen LogP contribution is -2.00. The van der Waals surface area contributed by atoms with Gasteiger partial charge in [0, 0.05) is 5.92 Å². The summed E-state index contributed by atoms with van der Waals surface area (Å²) in [7, 11) is 0. The van der Waals surface area contributed by atoms with Crippen molar-refractivity contribution >= 4 is 11.7 Å². The Morgan fingerprint density at radius 1 is 1.60 bits per heavy atom. The van der Waals surface area contributed by atoms with Gasteiger partial charge in [-0.15, -0.1) is 0 Å². The molecule has 78 valence electrons. The van der Waals surface area contributed by atoms with Gasteiger partial charge in [-0.2, -0.15) is 0 Å². The van der Waals surface area contributed by atoms with Crippen LogP contribution in [-0.4, -0.2) is 12.6 Å². The molecular weight excluding hydrogens is 197 g/mol. The van der Waals surface area contributed by atoms with Crippen molar-refractivity contribution in [1.82, 2.24) is 0 Å². The topological polar surface area (TPSA) is 52.3 Å². The first-order valence-corrected chi connectivity index (χ1v) is 4.38. The van der Waals surface area contributed by atoms with E-state index >= 15 is 0 Å². The normalized spacial score (nSPS) is 8.93. The number of hydrogen-bond acceptors (Lipinski definition) is 3. The number of halogens is 1. The first-order valence-electron chi connectivity index (χ1n) is 4.38. The van der Waals surface area contributed by atoms with E-state index in [1.165, 1.54) is 12.1 Å². The van der Waals surface area contributed by atoms with Crippen LogP contribution < -0.4 is 5.73 Å². The van der Waals surface area contributed by atoms with E-state index in [2.05, 4.69) is 16.6 Å². The van der Waals surface area contributed by atoms with Gasteiger partial charge in [0.05, 0.1) is 17.9 Å². The van der Waals surface area contributed by atoms with Crippen LogP contribution in [0.5, 0.6) is 0 Å². The molecule has 0 saturated carbocycles. The van der Waals surface area contributed by atoms with Gasteiger partial charge in [0.2, 0.25) is 0 Å². The number of hydrogen-bond donors (Lipinski definition) is 1. The van der Waals surface area contributed by atoms with Crippen molar-refractivity contribution in [2.75, 3.05) is 12.3 Å². The van der Waals surface area contributed by atoms with Gasteiger partial charge in [-0.05, 0) is 19.1 Å². The lowest BCUT2D eigenvalue weighted by atomic mass is 10.2. The van der Waals surface area contributed by atoms with E-state index in [1.54, 1.807) is 13.0 Å². The van der Waals surface area contributed by atoms with Gasteiger partial charge in [0.1, 0.15) is 0 Å². The van der Waals surface area contributed by atoms with Crippen molar-refractivity contribution in [2.24, 2.45) is 0 Å². The second kappa shape index (κ2) is 5.01. The molecule has 4 heteroatoms. The van der Waals surface area contributed by atoms with Crippen LogP contribution in [0.2, 0.25) is 0 Å². The van der Waals surface area contributed by atoms with Crippen LogP contribution in [0.25, 0.3) is 0 Å². The Kier molecular flexibility index (Phi) is 3.69. The molecule has 1 aromatic carbocycles. The number of carbonyl (C=O) groups excluding carboxylic acids is 1. The number of benzene rings is 1. The highest BCUT2D eigenvalue weighted by Crippen LogP contribution is 2.12. The fraction of sp³-hybridized carbons (Fsp3) is 0.182. The fourth-order valence-corrected chi connectivity index (χ4v) is 0.932. The van der Waals surface area contributed by atoms with Crippen LogP contribution in [-0.2, 0) is 9.53 Å². The van der Waals surface area contributed by atoms with Gasteiger partial charge in [-0.3, -0.25) is 0 Å². The van der Waals surface area contributed by atoms with Gasteiger partial charge in [-0.1, -0.05) is 12.0 Å². The van der Waals surface area contributed by atoms with Gasteiger partial charge >= 0.3 is 5.97 Å². The Balaban J connectivity index is 2.89. The Morgan fingerprint density at radius 3 is 3.00 bits per heavy atom. The van der Waals surface area contributed by atoms with Crippen LogP contribution in [0.1, 0.15) is 12.5 Å². The second-order valence-corrected chi connectivity index (χ2v) is 2.68. The first-order chi connectivity index (χ1) is 7.15. The maximum absolute atomic E-state index is 13.3. The largest absolute Gasteiger partial charge is 0.456 e. The number of ether oxygens (including phenoxy) is 1. The SMILES string of the molecule is CCOC(=O)C#Cc1cccc(N)c1F. The molecule has 2 N–H and O–H groups in total. The zero-order valence-electron chi connectivity index (χ0n) is 8.21. The zero-order valence-corrected chi connectivity index (χ0v) is 8.21. The van der Waals surface area contributed by atoms with Crippen molar-refractivity contribution < 1.29 is 13.9 Å². The van der Waals surface area contributed by atoms with Crippen molar-refractivity contribution in [3.63, 3.8) is 0 Å². The molecule has 0 bridgehead atoms. The van der Waals surface area contributed by atoms with Crippen molar-refractivity contribution in [3.05, 3.63) is 29.6 Å². The molecule has 0 fully saturated rings. The lowest BCUT2D eigenvalue weighted by Gasteiger charge is -1.97. The van der Waals surface area contributed by atoms with E-state index in [4.69, 9.17) is 5.73 Å². The van der Waals surface area contributed by atoms with Crippen molar-refractivity contribution in [1.29, 1.82) is 0 Å². The van der Waals surface area contributed by atoms with Crippen LogP contribution in [0.3, 0.4) is 0 Å². The third-order valence-corrected chi connectivity index (χ3v) is 1.60. The minimum Gasteiger partial charge on any atom is -0.456 e. The van der Waals surface area contributed by atoms with Gasteiger partial charge < -0.3 is 10.5 Å². The highest BCUT2D eigenvalue weighted by molar-refractivity contribution is 5.89. The quantitative estimate of drug-likeness (QED) is 0.429. The minimum atomic E-state index is -0.681. The maximum Gasteiger partial charge on any atom is 0.384 e. The number of nitrogen functional groups attached to an aromatic ring is 1. The molecule has 0 unspecified atom stereocenters. The summed E-state index contributed by atoms with van der Waals surface area (Å²) in [5.74, 6) is 3.22. The van der Waals surface area contributed by atoms with E-state index in [9.17, 15) is 9.18 Å². The molecule has 0 spiro atoms. The Bertz CT molecular complexity index is 432. The number of esters is 1. The molecule has 0 aliphatic heterocycles. The summed E-state index contributed by atoms with van der Waals surface area (Å²) in [6.07, 6.45) is 0. The smallest absolute Gasteiger partial charge is 0.384 e. The fourth-order valence-electron chi connectivity index (χ4n) is 0.932. The number of carbonyl (C=O) groups is 1. The first kappa shape index (κ1) is 11.1. The summed E-state index contributed by atoms with van der Waals surface area (Å²) in [4.78, 5) is 10.9. The highest BCUT2D eigenvalue weighted by Gasteiger charge is 2.02. The van der Waals surface area contributed by atoms with Crippen molar-refractivity contribution in [3.8, 4) is 11.8 Å². The van der Waals surface area contributed by atoms with E-state index < -0.39 is 11.8 Å². The summed E-state index contributed by atoms with van der Waals surface area (Å²) in [6.45, 7) is 1.91. The second-order valence-electron chi connectivity index (χ2n) is 2.68. The molecule has 3 nitrogen and oxygen atoms in total. The van der Waals surface area contributed by atoms with E-state index in [0.717, 1.165) is 0 Å². The van der Waals surface area contributed by atoms with Gasteiger partial charge in [-0.25, -0.2) is 9.18 Å². The average Bonchev–Trinajstić information content (AvgIpc) is 2.21. The van der Waals surface area contributed by atoms with Gasteiger partial charge in [0.15, 0.2) is 5.82 Å². The predicted octanol–water partition coefficient (Wildman–Crippen LogP) is 1.32. The Hall–Kier alpha value is -2.02. The molecule has 1 rings (SSSR count). The molecule has 0 atom stereocenters.